The number of hydrogen-bond donors (Lipinski definition) is 3. The molecule has 6 heteroatoms. The highest BCUT2D eigenvalue weighted by atomic mass is 31.2. The molecule has 0 spiro atoms. The quantitative estimate of drug-likeness (QED) is 0.395. The second kappa shape index (κ2) is 10.6. The normalized spacial score (nSPS) is 18.5. The fraction of sp³-hybridized carbons (Fsp3) is 0.700. The largest absolute Gasteiger partial charge is 0.469 e. The van der Waals surface area contributed by atoms with Crippen LogP contribution in [0.2, 0.25) is 0 Å². The van der Waals surface area contributed by atoms with Gasteiger partial charge < -0.3 is 15.5 Å². The molecular formula is C20H34NO4P. The van der Waals surface area contributed by atoms with Gasteiger partial charge in [0.05, 0.1) is 6.61 Å². The molecule has 2 atom stereocenters. The smallest absolute Gasteiger partial charge is 0.325 e. The van der Waals surface area contributed by atoms with E-state index >= 15 is 0 Å². The van der Waals surface area contributed by atoms with E-state index in [0.717, 1.165) is 25.7 Å². The van der Waals surface area contributed by atoms with Crippen LogP contribution in [0.1, 0.15) is 68.6 Å². The Morgan fingerprint density at radius 2 is 1.92 bits per heavy atom. The third kappa shape index (κ3) is 7.50. The molecule has 5 nitrogen and oxygen atoms in total. The summed E-state index contributed by atoms with van der Waals surface area (Å²) in [5.41, 5.74) is 10.2. The van der Waals surface area contributed by atoms with E-state index in [-0.39, 0.29) is 18.6 Å². The Hall–Kier alpha value is -0.710. The van der Waals surface area contributed by atoms with Crippen LogP contribution < -0.4 is 5.73 Å². The van der Waals surface area contributed by atoms with Gasteiger partial charge in [0.15, 0.2) is 0 Å². The van der Waals surface area contributed by atoms with Crippen LogP contribution in [-0.4, -0.2) is 22.4 Å². The van der Waals surface area contributed by atoms with Gasteiger partial charge in [-0.15, -0.1) is 0 Å². The van der Waals surface area contributed by atoms with Crippen molar-refractivity contribution in [1.82, 2.24) is 0 Å². The minimum atomic E-state index is -4.44. The van der Waals surface area contributed by atoms with Crippen molar-refractivity contribution < 1.29 is 18.9 Å². The van der Waals surface area contributed by atoms with Gasteiger partial charge in [0.2, 0.25) is 0 Å². The molecule has 0 aliphatic heterocycles. The van der Waals surface area contributed by atoms with E-state index in [1.165, 1.54) is 55.2 Å². The lowest BCUT2D eigenvalue weighted by Gasteiger charge is -2.29. The van der Waals surface area contributed by atoms with Gasteiger partial charge >= 0.3 is 7.82 Å². The van der Waals surface area contributed by atoms with Crippen molar-refractivity contribution in [3.63, 3.8) is 0 Å². The maximum absolute atomic E-state index is 10.8. The number of hydrogen-bond acceptors (Lipinski definition) is 3. The molecule has 0 heterocycles. The standard InChI is InChI=1S/C20H34NO4P/c1-2-3-4-5-6-7-8-16-9-10-18-14-19(12-11-17(18)13-16)20(21)15-25-26(22,23)24/h9-10,13,19-20H,2-8,11-12,14-15,21H2,1H3,(H2,22,23,24)/t19-,20?/m1/s1. The number of phosphoric acid groups is 1. The molecule has 0 bridgehead atoms. The van der Waals surface area contributed by atoms with Crippen LogP contribution in [0, 0.1) is 5.92 Å². The second-order valence-electron chi connectivity index (χ2n) is 7.57. The van der Waals surface area contributed by atoms with E-state index in [9.17, 15) is 4.57 Å². The highest BCUT2D eigenvalue weighted by Gasteiger charge is 2.26. The molecule has 1 unspecified atom stereocenters. The van der Waals surface area contributed by atoms with Crippen molar-refractivity contribution in [2.75, 3.05) is 6.61 Å². The lowest BCUT2D eigenvalue weighted by molar-refractivity contribution is 0.166. The molecular weight excluding hydrogens is 349 g/mol. The Labute approximate surface area is 157 Å². The fourth-order valence-electron chi connectivity index (χ4n) is 3.79. The maximum atomic E-state index is 10.8. The number of fused-ring (bicyclic) bond motifs is 1. The third-order valence-corrected chi connectivity index (χ3v) is 5.88. The Balaban J connectivity index is 1.80. The van der Waals surface area contributed by atoms with Gasteiger partial charge in [-0.1, -0.05) is 57.2 Å². The minimum absolute atomic E-state index is 0.0968. The summed E-state index contributed by atoms with van der Waals surface area (Å²) in [5, 5.41) is 0. The highest BCUT2D eigenvalue weighted by molar-refractivity contribution is 7.46. The average Bonchev–Trinajstić information content (AvgIpc) is 2.61. The lowest BCUT2D eigenvalue weighted by atomic mass is 9.79. The molecule has 2 rings (SSSR count). The molecule has 0 aromatic heterocycles. The molecule has 1 aliphatic carbocycles. The zero-order valence-corrected chi connectivity index (χ0v) is 16.8. The summed E-state index contributed by atoms with van der Waals surface area (Å²) in [5.74, 6) is 0.207. The van der Waals surface area contributed by atoms with Crippen LogP contribution in [0.5, 0.6) is 0 Å². The summed E-state index contributed by atoms with van der Waals surface area (Å²) in [6, 6.07) is 6.43. The van der Waals surface area contributed by atoms with E-state index in [2.05, 4.69) is 29.6 Å². The highest BCUT2D eigenvalue weighted by Crippen LogP contribution is 2.37. The summed E-state index contributed by atoms with van der Waals surface area (Å²) in [7, 11) is -4.44. The molecule has 1 aromatic carbocycles. The van der Waals surface area contributed by atoms with E-state index < -0.39 is 7.82 Å². The first-order chi connectivity index (χ1) is 12.4. The first-order valence-electron chi connectivity index (χ1n) is 9.95. The minimum Gasteiger partial charge on any atom is -0.325 e. The van der Waals surface area contributed by atoms with Crippen molar-refractivity contribution in [3.8, 4) is 0 Å². The number of unbranched alkanes of at least 4 members (excludes halogenated alkanes) is 5. The van der Waals surface area contributed by atoms with Gasteiger partial charge in [-0.25, -0.2) is 4.57 Å². The molecule has 0 radical (unpaired) electrons. The Morgan fingerprint density at radius 3 is 2.65 bits per heavy atom. The predicted molar refractivity (Wildman–Crippen MR) is 105 cm³/mol. The van der Waals surface area contributed by atoms with Gasteiger partial charge in [0, 0.05) is 6.04 Å². The van der Waals surface area contributed by atoms with Gasteiger partial charge in [0.25, 0.3) is 0 Å². The first kappa shape index (κ1) is 21.6. The summed E-state index contributed by atoms with van der Waals surface area (Å²) in [6.07, 6.45) is 11.8. The van der Waals surface area contributed by atoms with Gasteiger partial charge in [0.1, 0.15) is 0 Å². The van der Waals surface area contributed by atoms with Crippen molar-refractivity contribution in [2.24, 2.45) is 11.7 Å². The summed E-state index contributed by atoms with van der Waals surface area (Å²) in [6.45, 7) is 2.15. The summed E-state index contributed by atoms with van der Waals surface area (Å²) in [4.78, 5) is 17.6. The monoisotopic (exact) mass is 383 g/mol. The van der Waals surface area contributed by atoms with Crippen molar-refractivity contribution in [3.05, 3.63) is 34.9 Å². The van der Waals surface area contributed by atoms with Crippen molar-refractivity contribution in [2.45, 2.75) is 77.2 Å². The first-order valence-corrected chi connectivity index (χ1v) is 11.5. The Kier molecular flexibility index (Phi) is 8.78. The van der Waals surface area contributed by atoms with Gasteiger partial charge in [-0.05, 0) is 54.7 Å². The van der Waals surface area contributed by atoms with E-state index in [1.54, 1.807) is 0 Å². The van der Waals surface area contributed by atoms with E-state index in [0.29, 0.717) is 0 Å². The third-order valence-electron chi connectivity index (χ3n) is 5.40. The molecule has 0 amide bonds. The van der Waals surface area contributed by atoms with Crippen molar-refractivity contribution in [1.29, 1.82) is 0 Å². The van der Waals surface area contributed by atoms with Crippen molar-refractivity contribution >= 4 is 7.82 Å². The molecule has 4 N–H and O–H groups in total. The molecule has 0 fully saturated rings. The maximum Gasteiger partial charge on any atom is 0.469 e. The lowest BCUT2D eigenvalue weighted by Crippen LogP contribution is -2.37. The number of aryl methyl sites for hydroxylation is 2. The zero-order valence-electron chi connectivity index (χ0n) is 15.9. The topological polar surface area (TPSA) is 92.8 Å². The van der Waals surface area contributed by atoms with Gasteiger partial charge in [-0.2, -0.15) is 0 Å². The molecule has 148 valence electrons. The number of nitrogens with two attached hydrogens (primary N) is 1. The molecule has 0 saturated heterocycles. The van der Waals surface area contributed by atoms with Crippen LogP contribution in [0.25, 0.3) is 0 Å². The van der Waals surface area contributed by atoms with Crippen LogP contribution >= 0.6 is 7.82 Å². The van der Waals surface area contributed by atoms with Gasteiger partial charge in [-0.3, -0.25) is 4.52 Å². The summed E-state index contributed by atoms with van der Waals surface area (Å²) >= 11 is 0. The van der Waals surface area contributed by atoms with E-state index in [4.69, 9.17) is 15.5 Å². The Morgan fingerprint density at radius 1 is 1.19 bits per heavy atom. The van der Waals surface area contributed by atoms with Crippen LogP contribution in [0.4, 0.5) is 0 Å². The average molecular weight is 383 g/mol. The molecule has 0 saturated carbocycles. The van der Waals surface area contributed by atoms with E-state index in [1.807, 2.05) is 0 Å². The second-order valence-corrected chi connectivity index (χ2v) is 8.81. The number of benzene rings is 1. The number of phosphoric ester groups is 1. The Bertz CT molecular complexity index is 601. The van der Waals surface area contributed by atoms with Crippen LogP contribution in [0.15, 0.2) is 18.2 Å². The fourth-order valence-corrected chi connectivity index (χ4v) is 4.15. The molecule has 26 heavy (non-hydrogen) atoms. The molecule has 1 aliphatic rings. The summed E-state index contributed by atoms with van der Waals surface area (Å²) < 4.78 is 15.4. The SMILES string of the molecule is CCCCCCCCc1ccc2c(c1)CC[C@@H](C(N)COP(=O)(O)O)C2. The zero-order chi connectivity index (χ0) is 19.0. The molecule has 1 aromatic rings. The van der Waals surface area contributed by atoms with Crippen LogP contribution in [0.3, 0.4) is 0 Å². The van der Waals surface area contributed by atoms with Crippen LogP contribution in [-0.2, 0) is 28.4 Å². The predicted octanol–water partition coefficient (Wildman–Crippen LogP) is 4.13. The number of rotatable bonds is 11.